The van der Waals surface area contributed by atoms with Crippen molar-refractivity contribution in [2.75, 3.05) is 19.6 Å². The van der Waals surface area contributed by atoms with E-state index in [1.807, 2.05) is 0 Å². The molecule has 1 saturated heterocycles. The minimum absolute atomic E-state index is 0.448. The van der Waals surface area contributed by atoms with Crippen molar-refractivity contribution in [2.24, 2.45) is 5.92 Å². The van der Waals surface area contributed by atoms with Gasteiger partial charge in [-0.05, 0) is 38.8 Å². The molecule has 1 rings (SSSR count). The average molecular weight is 197 g/mol. The van der Waals surface area contributed by atoms with Gasteiger partial charge in [0, 0.05) is 12.1 Å². The van der Waals surface area contributed by atoms with E-state index in [9.17, 15) is 4.79 Å². The van der Waals surface area contributed by atoms with E-state index < -0.39 is 5.97 Å². The summed E-state index contributed by atoms with van der Waals surface area (Å²) in [6.45, 7) is 6.91. The SMILES string of the molecule is C/C(=C/CN1CCC(C)CC1)C(=O)O. The van der Waals surface area contributed by atoms with Gasteiger partial charge < -0.3 is 5.11 Å². The molecule has 0 aromatic heterocycles. The lowest BCUT2D eigenvalue weighted by molar-refractivity contribution is -0.132. The number of rotatable bonds is 3. The van der Waals surface area contributed by atoms with Gasteiger partial charge in [-0.2, -0.15) is 0 Å². The maximum absolute atomic E-state index is 10.5. The predicted molar refractivity (Wildman–Crippen MR) is 56.2 cm³/mol. The van der Waals surface area contributed by atoms with Gasteiger partial charge >= 0.3 is 5.97 Å². The molecule has 1 fully saturated rings. The Balaban J connectivity index is 2.32. The van der Waals surface area contributed by atoms with Crippen LogP contribution in [0, 0.1) is 5.92 Å². The highest BCUT2D eigenvalue weighted by Gasteiger charge is 2.14. The largest absolute Gasteiger partial charge is 0.478 e. The normalized spacial score (nSPS) is 21.1. The van der Waals surface area contributed by atoms with E-state index in [-0.39, 0.29) is 0 Å². The molecule has 3 heteroatoms. The van der Waals surface area contributed by atoms with Crippen LogP contribution in [0.5, 0.6) is 0 Å². The first-order chi connectivity index (χ1) is 6.59. The van der Waals surface area contributed by atoms with E-state index in [4.69, 9.17) is 5.11 Å². The Labute approximate surface area is 85.4 Å². The van der Waals surface area contributed by atoms with E-state index in [1.165, 1.54) is 12.8 Å². The number of carboxylic acid groups (broad SMARTS) is 1. The van der Waals surface area contributed by atoms with Crippen LogP contribution in [0.15, 0.2) is 11.6 Å². The Morgan fingerprint density at radius 2 is 2.07 bits per heavy atom. The fourth-order valence-electron chi connectivity index (χ4n) is 1.60. The molecule has 1 heterocycles. The minimum atomic E-state index is -0.810. The zero-order valence-corrected chi connectivity index (χ0v) is 8.99. The van der Waals surface area contributed by atoms with E-state index >= 15 is 0 Å². The molecule has 0 radical (unpaired) electrons. The molecule has 1 aliphatic heterocycles. The van der Waals surface area contributed by atoms with Crippen molar-refractivity contribution in [3.8, 4) is 0 Å². The van der Waals surface area contributed by atoms with Crippen LogP contribution in [0.25, 0.3) is 0 Å². The maximum Gasteiger partial charge on any atom is 0.330 e. The third-order valence-corrected chi connectivity index (χ3v) is 2.87. The summed E-state index contributed by atoms with van der Waals surface area (Å²) in [7, 11) is 0. The fraction of sp³-hybridized carbons (Fsp3) is 0.727. The lowest BCUT2D eigenvalue weighted by Gasteiger charge is -2.29. The van der Waals surface area contributed by atoms with Gasteiger partial charge in [0.2, 0.25) is 0 Å². The standard InChI is InChI=1S/C11H19NO2/c1-9-3-6-12(7-4-9)8-5-10(2)11(13)14/h5,9H,3-4,6-8H2,1-2H3,(H,13,14)/b10-5-. The Kier molecular flexibility index (Phi) is 4.14. The predicted octanol–water partition coefficient (Wildman–Crippen LogP) is 1.75. The molecule has 1 aliphatic rings. The second-order valence-electron chi connectivity index (χ2n) is 4.18. The number of likely N-dealkylation sites (tertiary alicyclic amines) is 1. The van der Waals surface area contributed by atoms with Gasteiger partial charge in [-0.15, -0.1) is 0 Å². The van der Waals surface area contributed by atoms with Crippen LogP contribution in [0.3, 0.4) is 0 Å². The summed E-state index contributed by atoms with van der Waals surface area (Å²) in [4.78, 5) is 12.8. The topological polar surface area (TPSA) is 40.5 Å². The number of piperidine rings is 1. The summed E-state index contributed by atoms with van der Waals surface area (Å²) in [6, 6.07) is 0. The second-order valence-corrected chi connectivity index (χ2v) is 4.18. The van der Waals surface area contributed by atoms with Gasteiger partial charge in [0.05, 0.1) is 0 Å². The van der Waals surface area contributed by atoms with Crippen molar-refractivity contribution in [1.82, 2.24) is 4.90 Å². The van der Waals surface area contributed by atoms with Gasteiger partial charge in [-0.3, -0.25) is 4.90 Å². The van der Waals surface area contributed by atoms with E-state index in [0.717, 1.165) is 25.6 Å². The molecule has 0 unspecified atom stereocenters. The van der Waals surface area contributed by atoms with Gasteiger partial charge in [-0.25, -0.2) is 4.79 Å². The zero-order chi connectivity index (χ0) is 10.6. The van der Waals surface area contributed by atoms with Gasteiger partial charge in [0.25, 0.3) is 0 Å². The summed E-state index contributed by atoms with van der Waals surface area (Å²) >= 11 is 0. The van der Waals surface area contributed by atoms with E-state index in [1.54, 1.807) is 13.0 Å². The molecule has 80 valence electrons. The van der Waals surface area contributed by atoms with Crippen LogP contribution in [-0.2, 0) is 4.79 Å². The van der Waals surface area contributed by atoms with Crippen molar-refractivity contribution in [1.29, 1.82) is 0 Å². The first kappa shape index (κ1) is 11.2. The summed E-state index contributed by atoms with van der Waals surface area (Å²) < 4.78 is 0. The van der Waals surface area contributed by atoms with Crippen LogP contribution >= 0.6 is 0 Å². The molecule has 0 aromatic rings. The maximum atomic E-state index is 10.5. The Morgan fingerprint density at radius 1 is 1.50 bits per heavy atom. The number of carboxylic acids is 1. The fourth-order valence-corrected chi connectivity index (χ4v) is 1.60. The molecule has 0 spiro atoms. The number of carbonyl (C=O) groups is 1. The zero-order valence-electron chi connectivity index (χ0n) is 8.99. The summed E-state index contributed by atoms with van der Waals surface area (Å²) in [5.41, 5.74) is 0.448. The minimum Gasteiger partial charge on any atom is -0.478 e. The first-order valence-electron chi connectivity index (χ1n) is 5.22. The third-order valence-electron chi connectivity index (χ3n) is 2.87. The number of nitrogens with zero attached hydrogens (tertiary/aromatic N) is 1. The lowest BCUT2D eigenvalue weighted by Crippen LogP contribution is -2.33. The molecule has 0 amide bonds. The third kappa shape index (κ3) is 3.50. The number of hydrogen-bond acceptors (Lipinski definition) is 2. The Hall–Kier alpha value is -0.830. The van der Waals surface area contributed by atoms with Crippen molar-refractivity contribution < 1.29 is 9.90 Å². The Bertz CT molecular complexity index is 227. The number of aliphatic carboxylic acids is 1. The van der Waals surface area contributed by atoms with Crippen LogP contribution < -0.4 is 0 Å². The monoisotopic (exact) mass is 197 g/mol. The molecule has 0 atom stereocenters. The molecule has 0 aliphatic carbocycles. The molecular weight excluding hydrogens is 178 g/mol. The highest BCUT2D eigenvalue weighted by molar-refractivity contribution is 5.85. The second kappa shape index (κ2) is 5.15. The van der Waals surface area contributed by atoms with Crippen molar-refractivity contribution >= 4 is 5.97 Å². The van der Waals surface area contributed by atoms with Gasteiger partial charge in [-0.1, -0.05) is 13.0 Å². The quantitative estimate of drug-likeness (QED) is 0.701. The Morgan fingerprint density at radius 3 is 2.57 bits per heavy atom. The summed E-state index contributed by atoms with van der Waals surface area (Å²) in [5.74, 6) is 0.0196. The van der Waals surface area contributed by atoms with Crippen LogP contribution in [0.4, 0.5) is 0 Å². The summed E-state index contributed by atoms with van der Waals surface area (Å²) in [5, 5.41) is 8.67. The van der Waals surface area contributed by atoms with Crippen LogP contribution in [0.2, 0.25) is 0 Å². The number of hydrogen-bond donors (Lipinski definition) is 1. The average Bonchev–Trinajstić information content (AvgIpc) is 2.16. The van der Waals surface area contributed by atoms with Crippen molar-refractivity contribution in [3.63, 3.8) is 0 Å². The highest BCUT2D eigenvalue weighted by Crippen LogP contribution is 2.15. The highest BCUT2D eigenvalue weighted by atomic mass is 16.4. The molecule has 14 heavy (non-hydrogen) atoms. The van der Waals surface area contributed by atoms with Gasteiger partial charge in [0.15, 0.2) is 0 Å². The molecule has 0 bridgehead atoms. The lowest BCUT2D eigenvalue weighted by atomic mass is 9.99. The smallest absolute Gasteiger partial charge is 0.330 e. The summed E-state index contributed by atoms with van der Waals surface area (Å²) in [6.07, 6.45) is 4.28. The molecule has 3 nitrogen and oxygen atoms in total. The van der Waals surface area contributed by atoms with Crippen molar-refractivity contribution in [3.05, 3.63) is 11.6 Å². The first-order valence-corrected chi connectivity index (χ1v) is 5.22. The molecular formula is C11H19NO2. The van der Waals surface area contributed by atoms with Crippen LogP contribution in [0.1, 0.15) is 26.7 Å². The van der Waals surface area contributed by atoms with Crippen molar-refractivity contribution in [2.45, 2.75) is 26.7 Å². The molecule has 0 saturated carbocycles. The van der Waals surface area contributed by atoms with E-state index in [2.05, 4.69) is 11.8 Å². The molecule has 1 N–H and O–H groups in total. The molecule has 0 aromatic carbocycles. The van der Waals surface area contributed by atoms with Crippen LogP contribution in [-0.4, -0.2) is 35.6 Å². The van der Waals surface area contributed by atoms with E-state index in [0.29, 0.717) is 5.57 Å². The van der Waals surface area contributed by atoms with Gasteiger partial charge in [0.1, 0.15) is 0 Å².